The summed E-state index contributed by atoms with van der Waals surface area (Å²) in [6.07, 6.45) is 75.1. The van der Waals surface area contributed by atoms with E-state index >= 15 is 0 Å². The second-order valence-electron chi connectivity index (χ2n) is 18.1. The lowest BCUT2D eigenvalue weighted by atomic mass is 10.1. The third-order valence-corrected chi connectivity index (χ3v) is 11.5. The van der Waals surface area contributed by atoms with Gasteiger partial charge in [0.2, 0.25) is 0 Å². The molecule has 0 N–H and O–H groups in total. The van der Waals surface area contributed by atoms with Crippen molar-refractivity contribution in [1.29, 1.82) is 0 Å². The van der Waals surface area contributed by atoms with Crippen molar-refractivity contribution in [2.24, 2.45) is 0 Å². The molecule has 0 aliphatic heterocycles. The van der Waals surface area contributed by atoms with E-state index < -0.39 is 6.10 Å². The number of rotatable bonds is 49. The minimum absolute atomic E-state index is 0.0949. The van der Waals surface area contributed by atoms with E-state index in [1.54, 1.807) is 0 Å². The molecule has 0 heterocycles. The zero-order valence-electron chi connectivity index (χ0n) is 44.1. The number of carbonyl (C=O) groups excluding carboxylic acids is 3. The van der Waals surface area contributed by atoms with E-state index in [1.807, 2.05) is 0 Å². The van der Waals surface area contributed by atoms with E-state index in [9.17, 15) is 14.4 Å². The maximum absolute atomic E-state index is 12.8. The molecule has 0 saturated heterocycles. The van der Waals surface area contributed by atoms with Crippen LogP contribution >= 0.6 is 0 Å². The van der Waals surface area contributed by atoms with Gasteiger partial charge in [0.25, 0.3) is 0 Å². The summed E-state index contributed by atoms with van der Waals surface area (Å²) in [7, 11) is 0. The summed E-state index contributed by atoms with van der Waals surface area (Å²) in [5.41, 5.74) is 0. The first kappa shape index (κ1) is 64.1. The Morgan fingerprint density at radius 1 is 0.309 bits per heavy atom. The molecule has 0 rings (SSSR count). The Hall–Kier alpha value is -3.93. The number of ether oxygens (including phenoxy) is 3. The molecule has 0 spiro atoms. The fraction of sp³-hybridized carbons (Fsp3) is 0.661. The van der Waals surface area contributed by atoms with Gasteiger partial charge in [0.15, 0.2) is 6.10 Å². The Labute approximate surface area is 419 Å². The summed E-state index contributed by atoms with van der Waals surface area (Å²) < 4.78 is 16.8. The number of hydrogen-bond acceptors (Lipinski definition) is 6. The average molecular weight is 943 g/mol. The molecule has 0 saturated carbocycles. The van der Waals surface area contributed by atoms with Gasteiger partial charge in [-0.15, -0.1) is 0 Å². The maximum Gasteiger partial charge on any atom is 0.306 e. The molecular formula is C62H102O6. The first-order valence-electron chi connectivity index (χ1n) is 27.9. The normalized spacial score (nSPS) is 12.9. The molecule has 0 aromatic heterocycles. The van der Waals surface area contributed by atoms with Crippen LogP contribution in [0.3, 0.4) is 0 Å². The second-order valence-corrected chi connectivity index (χ2v) is 18.1. The highest BCUT2D eigenvalue weighted by atomic mass is 16.6. The number of esters is 3. The van der Waals surface area contributed by atoms with Crippen molar-refractivity contribution < 1.29 is 28.6 Å². The van der Waals surface area contributed by atoms with Crippen molar-refractivity contribution in [3.05, 3.63) is 109 Å². The lowest BCUT2D eigenvalue weighted by Gasteiger charge is -2.18. The largest absolute Gasteiger partial charge is 0.462 e. The van der Waals surface area contributed by atoms with Crippen molar-refractivity contribution in [2.45, 2.75) is 252 Å². The van der Waals surface area contributed by atoms with Crippen molar-refractivity contribution >= 4 is 17.9 Å². The average Bonchev–Trinajstić information content (AvgIpc) is 3.34. The highest BCUT2D eigenvalue weighted by molar-refractivity contribution is 5.71. The summed E-state index contributed by atoms with van der Waals surface area (Å²) in [4.78, 5) is 38.0. The van der Waals surface area contributed by atoms with Crippen LogP contribution in [0.5, 0.6) is 0 Å². The highest BCUT2D eigenvalue weighted by Gasteiger charge is 2.19. The van der Waals surface area contributed by atoms with E-state index in [4.69, 9.17) is 14.2 Å². The summed E-state index contributed by atoms with van der Waals surface area (Å²) in [5.74, 6) is -0.953. The maximum atomic E-state index is 12.8. The molecule has 0 radical (unpaired) electrons. The van der Waals surface area contributed by atoms with Crippen molar-refractivity contribution in [3.63, 3.8) is 0 Å². The van der Waals surface area contributed by atoms with Crippen LogP contribution < -0.4 is 0 Å². The minimum Gasteiger partial charge on any atom is -0.462 e. The van der Waals surface area contributed by atoms with Crippen LogP contribution in [-0.2, 0) is 28.6 Å². The molecular weight excluding hydrogens is 841 g/mol. The van der Waals surface area contributed by atoms with Crippen molar-refractivity contribution in [3.8, 4) is 0 Å². The van der Waals surface area contributed by atoms with Crippen LogP contribution in [0.2, 0.25) is 0 Å². The van der Waals surface area contributed by atoms with Crippen LogP contribution in [0, 0.1) is 0 Å². The number of hydrogen-bond donors (Lipinski definition) is 0. The van der Waals surface area contributed by atoms with Crippen LogP contribution in [-0.4, -0.2) is 37.2 Å². The number of carbonyl (C=O) groups is 3. The molecule has 68 heavy (non-hydrogen) atoms. The second kappa shape index (κ2) is 55.7. The first-order chi connectivity index (χ1) is 33.5. The molecule has 0 aliphatic rings. The molecule has 1 unspecified atom stereocenters. The van der Waals surface area contributed by atoms with E-state index in [1.165, 1.54) is 83.5 Å². The van der Waals surface area contributed by atoms with E-state index in [2.05, 4.69) is 130 Å². The number of unbranched alkanes of at least 4 members (excludes halogenated alkanes) is 20. The monoisotopic (exact) mass is 943 g/mol. The highest BCUT2D eigenvalue weighted by Crippen LogP contribution is 2.14. The quantitative estimate of drug-likeness (QED) is 0.0262. The summed E-state index contributed by atoms with van der Waals surface area (Å²) in [6, 6.07) is 0. The van der Waals surface area contributed by atoms with Gasteiger partial charge in [0.05, 0.1) is 0 Å². The lowest BCUT2D eigenvalue weighted by Crippen LogP contribution is -2.30. The molecule has 0 aromatic rings. The third kappa shape index (κ3) is 53.0. The SMILES string of the molecule is CC/C=C\C/C=C\C/C=C\C/C=C\C/C=C\C/C=C\C/C=C\C/C=C\CCCCC(=O)OCC(COC(=O)CCCCCCCCCCCC)OC(=O)CCCCCCC/C=C\CCCCCC. The van der Waals surface area contributed by atoms with Gasteiger partial charge in [0, 0.05) is 19.3 Å². The van der Waals surface area contributed by atoms with Gasteiger partial charge in [-0.1, -0.05) is 226 Å². The Balaban J connectivity index is 4.37. The summed E-state index contributed by atoms with van der Waals surface area (Å²) in [6.45, 7) is 6.44. The molecule has 386 valence electrons. The van der Waals surface area contributed by atoms with Crippen LogP contribution in [0.1, 0.15) is 245 Å². The Bertz CT molecular complexity index is 1410. The fourth-order valence-corrected chi connectivity index (χ4v) is 7.33. The van der Waals surface area contributed by atoms with Gasteiger partial charge < -0.3 is 14.2 Å². The zero-order valence-corrected chi connectivity index (χ0v) is 44.1. The van der Waals surface area contributed by atoms with Gasteiger partial charge in [-0.25, -0.2) is 0 Å². The van der Waals surface area contributed by atoms with E-state index in [-0.39, 0.29) is 31.1 Å². The zero-order chi connectivity index (χ0) is 49.3. The Kier molecular flexibility index (Phi) is 52.4. The topological polar surface area (TPSA) is 78.9 Å². The minimum atomic E-state index is -0.799. The van der Waals surface area contributed by atoms with Crippen LogP contribution in [0.4, 0.5) is 0 Å². The molecule has 0 aromatic carbocycles. The summed E-state index contributed by atoms with van der Waals surface area (Å²) in [5, 5.41) is 0. The van der Waals surface area contributed by atoms with Crippen molar-refractivity contribution in [2.75, 3.05) is 13.2 Å². The molecule has 1 atom stereocenters. The van der Waals surface area contributed by atoms with Gasteiger partial charge in [-0.05, 0) is 109 Å². The summed E-state index contributed by atoms with van der Waals surface area (Å²) >= 11 is 0. The van der Waals surface area contributed by atoms with Gasteiger partial charge in [-0.2, -0.15) is 0 Å². The lowest BCUT2D eigenvalue weighted by molar-refractivity contribution is -0.167. The van der Waals surface area contributed by atoms with Gasteiger partial charge in [0.1, 0.15) is 13.2 Å². The predicted octanol–water partition coefficient (Wildman–Crippen LogP) is 18.7. The molecule has 0 amide bonds. The van der Waals surface area contributed by atoms with Gasteiger partial charge >= 0.3 is 17.9 Å². The van der Waals surface area contributed by atoms with E-state index in [0.29, 0.717) is 19.3 Å². The molecule has 0 fully saturated rings. The standard InChI is InChI=1S/C62H102O6/c1-4-7-10-13-16-19-22-24-25-26-27-28-29-30-31-32-33-34-35-36-37-39-40-43-46-49-52-55-61(64)67-58-59(57-66-60(63)54-51-48-45-42-21-18-15-12-9-6-3)68-62(65)56-53-50-47-44-41-38-23-20-17-14-11-8-5-2/h7,10,16,19-20,23-25,27-28,30-31,33-34,36-37,40,43,59H,4-6,8-9,11-15,17-18,21-22,26,29,32,35,38-39,41-42,44-58H2,1-3H3/b10-7-,19-16-,23-20-,25-24-,28-27-,31-30-,34-33-,37-36-,43-40-. The number of allylic oxidation sites excluding steroid dienone is 18. The molecule has 6 heteroatoms. The van der Waals surface area contributed by atoms with Crippen molar-refractivity contribution in [1.82, 2.24) is 0 Å². The van der Waals surface area contributed by atoms with Crippen LogP contribution in [0.25, 0.3) is 0 Å². The Morgan fingerprint density at radius 3 is 0.956 bits per heavy atom. The molecule has 0 bridgehead atoms. The molecule has 6 nitrogen and oxygen atoms in total. The fourth-order valence-electron chi connectivity index (χ4n) is 7.33. The van der Waals surface area contributed by atoms with Crippen LogP contribution in [0.15, 0.2) is 109 Å². The van der Waals surface area contributed by atoms with E-state index in [0.717, 1.165) is 122 Å². The smallest absolute Gasteiger partial charge is 0.306 e. The third-order valence-electron chi connectivity index (χ3n) is 11.5. The molecule has 0 aliphatic carbocycles. The van der Waals surface area contributed by atoms with Gasteiger partial charge in [-0.3, -0.25) is 14.4 Å². The predicted molar refractivity (Wildman–Crippen MR) is 293 cm³/mol. The first-order valence-corrected chi connectivity index (χ1v) is 27.9. The Morgan fingerprint density at radius 2 is 0.574 bits per heavy atom.